The van der Waals surface area contributed by atoms with E-state index in [0.717, 1.165) is 64.1 Å². The fourth-order valence-electron chi connectivity index (χ4n) is 6.58. The number of anilines is 2. The van der Waals surface area contributed by atoms with Crippen molar-refractivity contribution in [3.05, 3.63) is 48.2 Å². The quantitative estimate of drug-likeness (QED) is 0.275. The van der Waals surface area contributed by atoms with Crippen LogP contribution in [0.15, 0.2) is 47.4 Å². The largest absolute Gasteiger partial charge is 0.495 e. The number of benzene rings is 2. The fraction of sp³-hybridized carbons (Fsp3) is 0.500. The number of sulfonamides is 1. The molecule has 2 heterocycles. The molecule has 3 aromatic rings. The average molecular weight is 648 g/mol. The molecular weight excluding hydrogens is 607 g/mol. The number of rotatable bonds is 9. The lowest BCUT2D eigenvalue weighted by Crippen LogP contribution is -2.55. The number of nitrogens with zero attached hydrogens (tertiary/aromatic N) is 2. The fourth-order valence-corrected chi connectivity index (χ4v) is 7.11. The van der Waals surface area contributed by atoms with E-state index in [1.165, 1.54) is 29.9 Å². The van der Waals surface area contributed by atoms with Crippen molar-refractivity contribution in [2.24, 2.45) is 5.14 Å². The van der Waals surface area contributed by atoms with Gasteiger partial charge >= 0.3 is 6.18 Å². The molecule has 2 aromatic carbocycles. The molecule has 2 aliphatic rings. The van der Waals surface area contributed by atoms with Crippen LogP contribution < -0.4 is 20.5 Å². The van der Waals surface area contributed by atoms with Gasteiger partial charge in [0.15, 0.2) is 0 Å². The number of aromatic nitrogens is 1. The Hall–Kier alpha value is -3.44. The van der Waals surface area contributed by atoms with Crippen molar-refractivity contribution < 1.29 is 31.1 Å². The molecule has 13 heteroatoms. The van der Waals surface area contributed by atoms with Gasteiger partial charge in [0.05, 0.1) is 48.7 Å². The van der Waals surface area contributed by atoms with Gasteiger partial charge in [0.1, 0.15) is 12.3 Å². The van der Waals surface area contributed by atoms with E-state index in [4.69, 9.17) is 14.6 Å². The summed E-state index contributed by atoms with van der Waals surface area (Å²) in [6, 6.07) is 11.4. The Morgan fingerprint density at radius 2 is 1.84 bits per heavy atom. The second-order valence-electron chi connectivity index (χ2n) is 11.6. The van der Waals surface area contributed by atoms with E-state index >= 15 is 0 Å². The molecule has 9 nitrogen and oxygen atoms in total. The van der Waals surface area contributed by atoms with Gasteiger partial charge in [-0.3, -0.25) is 4.90 Å². The van der Waals surface area contributed by atoms with E-state index < -0.39 is 22.7 Å². The van der Waals surface area contributed by atoms with Gasteiger partial charge in [-0.15, -0.1) is 0 Å². The van der Waals surface area contributed by atoms with E-state index in [1.807, 2.05) is 6.07 Å². The molecule has 1 aliphatic carbocycles. The average Bonchev–Trinajstić information content (AvgIpc) is 3.36. The predicted octanol–water partition coefficient (Wildman–Crippen LogP) is 5.16. The molecule has 1 saturated heterocycles. The van der Waals surface area contributed by atoms with E-state index in [2.05, 4.69) is 34.3 Å². The standard InChI is InChI=1S/C32H40F3N5O4S/c1-3-31(39-16-18-44-19-17-39)13-11-23(12-14-31)38-27-7-4-8-29-26(27)20-24(40(29)22-32(33,34)35)6-5-15-37-28-10-9-25(45(36,41)42)21-30(28)43-2/h4,7-10,20-21,23,37-38H,3,11-19,22H2,1-2H3,(H2,36,41,42). The number of morpholine rings is 1. The van der Waals surface area contributed by atoms with Crippen LogP contribution >= 0.6 is 0 Å². The Morgan fingerprint density at radius 3 is 2.49 bits per heavy atom. The van der Waals surface area contributed by atoms with E-state index in [9.17, 15) is 21.6 Å². The summed E-state index contributed by atoms with van der Waals surface area (Å²) < 4.78 is 76.4. The molecule has 0 bridgehead atoms. The maximum absolute atomic E-state index is 13.7. The second-order valence-corrected chi connectivity index (χ2v) is 13.2. The number of hydrogen-bond donors (Lipinski definition) is 3. The van der Waals surface area contributed by atoms with Gasteiger partial charge in [-0.2, -0.15) is 13.2 Å². The number of methoxy groups -OCH3 is 1. The Morgan fingerprint density at radius 1 is 1.11 bits per heavy atom. The first-order valence-corrected chi connectivity index (χ1v) is 16.7. The summed E-state index contributed by atoms with van der Waals surface area (Å²) >= 11 is 0. The van der Waals surface area contributed by atoms with Gasteiger partial charge in [0, 0.05) is 41.8 Å². The highest BCUT2D eigenvalue weighted by Crippen LogP contribution is 2.39. The van der Waals surface area contributed by atoms with Crippen molar-refractivity contribution in [3.8, 4) is 17.6 Å². The first kappa shape index (κ1) is 32.9. The van der Waals surface area contributed by atoms with Crippen LogP contribution in [-0.4, -0.2) is 75.6 Å². The van der Waals surface area contributed by atoms with Crippen LogP contribution in [0.2, 0.25) is 0 Å². The molecule has 0 amide bonds. The van der Waals surface area contributed by atoms with Crippen LogP contribution in [-0.2, 0) is 21.3 Å². The molecule has 1 aliphatic heterocycles. The highest BCUT2D eigenvalue weighted by Gasteiger charge is 2.39. The number of nitrogens with one attached hydrogen (secondary N) is 2. The molecule has 0 spiro atoms. The second kappa shape index (κ2) is 13.5. The Bertz CT molecular complexity index is 1670. The molecule has 2 fully saturated rings. The van der Waals surface area contributed by atoms with Crippen molar-refractivity contribution in [1.82, 2.24) is 9.47 Å². The Labute approximate surface area is 262 Å². The molecule has 45 heavy (non-hydrogen) atoms. The Kier molecular flexibility index (Phi) is 9.88. The third kappa shape index (κ3) is 7.69. The Balaban J connectivity index is 1.34. The molecule has 0 unspecified atom stereocenters. The maximum Gasteiger partial charge on any atom is 0.406 e. The van der Waals surface area contributed by atoms with Crippen LogP contribution in [0.25, 0.3) is 10.9 Å². The lowest BCUT2D eigenvalue weighted by molar-refractivity contribution is -0.140. The number of alkyl halides is 3. The first-order valence-electron chi connectivity index (χ1n) is 15.1. The van der Waals surface area contributed by atoms with Crippen LogP contribution in [0.1, 0.15) is 44.7 Å². The number of nitrogens with two attached hydrogens (primary N) is 1. The molecule has 0 atom stereocenters. The highest BCUT2D eigenvalue weighted by atomic mass is 32.2. The molecule has 4 N–H and O–H groups in total. The summed E-state index contributed by atoms with van der Waals surface area (Å²) in [6.45, 7) is 4.61. The summed E-state index contributed by atoms with van der Waals surface area (Å²) in [5.74, 6) is 6.05. The zero-order chi connectivity index (χ0) is 32.2. The third-order valence-electron chi connectivity index (χ3n) is 8.98. The van der Waals surface area contributed by atoms with Crippen molar-refractivity contribution in [1.29, 1.82) is 0 Å². The topological polar surface area (TPSA) is 111 Å². The highest BCUT2D eigenvalue weighted by molar-refractivity contribution is 7.89. The SMILES string of the molecule is CCC1(N2CCOCC2)CCC(Nc2cccc3c2cc(C#CCNc2ccc(S(N)(=O)=O)cc2OC)n3CC(F)(F)F)CC1. The molecule has 0 radical (unpaired) electrons. The van der Waals surface area contributed by atoms with Gasteiger partial charge in [-0.1, -0.05) is 18.9 Å². The monoisotopic (exact) mass is 647 g/mol. The van der Waals surface area contributed by atoms with Crippen LogP contribution in [0.4, 0.5) is 24.5 Å². The molecule has 1 saturated carbocycles. The lowest BCUT2D eigenvalue weighted by atomic mass is 9.76. The summed E-state index contributed by atoms with van der Waals surface area (Å²) in [6.07, 6.45) is 0.724. The van der Waals surface area contributed by atoms with Gasteiger partial charge < -0.3 is 24.7 Å². The van der Waals surface area contributed by atoms with E-state index in [1.54, 1.807) is 18.2 Å². The minimum atomic E-state index is -4.44. The zero-order valence-corrected chi connectivity index (χ0v) is 26.4. The van der Waals surface area contributed by atoms with Crippen molar-refractivity contribution in [2.45, 2.75) is 68.2 Å². The first-order chi connectivity index (χ1) is 21.4. The zero-order valence-electron chi connectivity index (χ0n) is 25.5. The van der Waals surface area contributed by atoms with E-state index in [-0.39, 0.29) is 34.5 Å². The lowest BCUT2D eigenvalue weighted by Gasteiger charge is -2.49. The van der Waals surface area contributed by atoms with Crippen LogP contribution in [0.5, 0.6) is 5.75 Å². The van der Waals surface area contributed by atoms with Crippen LogP contribution in [0.3, 0.4) is 0 Å². The molecule has 5 rings (SSSR count). The summed E-state index contributed by atoms with van der Waals surface area (Å²) in [5.41, 5.74) is 2.15. The van der Waals surface area contributed by atoms with Crippen molar-refractivity contribution in [2.75, 3.05) is 50.6 Å². The third-order valence-corrected chi connectivity index (χ3v) is 9.90. The summed E-state index contributed by atoms with van der Waals surface area (Å²) in [7, 11) is -2.53. The van der Waals surface area contributed by atoms with Gasteiger partial charge in [-0.25, -0.2) is 13.6 Å². The summed E-state index contributed by atoms with van der Waals surface area (Å²) in [5, 5.41) is 12.6. The number of fused-ring (bicyclic) bond motifs is 1. The number of hydrogen-bond acceptors (Lipinski definition) is 7. The minimum absolute atomic E-state index is 0.0775. The maximum atomic E-state index is 13.7. The number of halogens is 3. The smallest absolute Gasteiger partial charge is 0.406 e. The normalized spacial score (nSPS) is 21.2. The van der Waals surface area contributed by atoms with E-state index in [0.29, 0.717) is 16.6 Å². The van der Waals surface area contributed by atoms with Gasteiger partial charge in [0.2, 0.25) is 10.0 Å². The number of ether oxygens (including phenoxy) is 2. The van der Waals surface area contributed by atoms with Crippen LogP contribution in [0, 0.1) is 11.8 Å². The number of primary sulfonamides is 1. The van der Waals surface area contributed by atoms with Gasteiger partial charge in [-0.05, 0) is 68.4 Å². The molecular formula is C32H40F3N5O4S. The van der Waals surface area contributed by atoms with Crippen molar-refractivity contribution >= 4 is 32.3 Å². The predicted molar refractivity (Wildman–Crippen MR) is 169 cm³/mol. The molecule has 1 aromatic heterocycles. The summed E-state index contributed by atoms with van der Waals surface area (Å²) in [4.78, 5) is 2.48. The molecule has 244 valence electrons. The van der Waals surface area contributed by atoms with Gasteiger partial charge in [0.25, 0.3) is 0 Å². The van der Waals surface area contributed by atoms with Crippen molar-refractivity contribution in [3.63, 3.8) is 0 Å². The minimum Gasteiger partial charge on any atom is -0.495 e.